The van der Waals surface area contributed by atoms with E-state index in [1.165, 1.54) is 18.9 Å². The van der Waals surface area contributed by atoms with Crippen LogP contribution in [0.4, 0.5) is 4.39 Å². The fourth-order valence-corrected chi connectivity index (χ4v) is 2.47. The van der Waals surface area contributed by atoms with Crippen LogP contribution in [0.25, 0.3) is 11.3 Å². The summed E-state index contributed by atoms with van der Waals surface area (Å²) >= 11 is 3.22. The predicted octanol–water partition coefficient (Wildman–Crippen LogP) is 3.24. The lowest BCUT2D eigenvalue weighted by Gasteiger charge is -2.04. The van der Waals surface area contributed by atoms with Crippen molar-refractivity contribution >= 4 is 15.9 Å². The molecule has 5 heteroatoms. The molecule has 1 aromatic heterocycles. The van der Waals surface area contributed by atoms with E-state index in [1.807, 2.05) is 13.2 Å². The standard InChI is InChI=1S/C14H15BrFN3/c1-19-8-10(7-17-11-3-4-11)14(18-19)9-2-5-13(16)12(15)6-9/h2,5-6,8,11,17H,3-4,7H2,1H3. The van der Waals surface area contributed by atoms with Crippen LogP contribution in [0.3, 0.4) is 0 Å². The van der Waals surface area contributed by atoms with Gasteiger partial charge in [-0.05, 0) is 47.0 Å². The smallest absolute Gasteiger partial charge is 0.137 e. The summed E-state index contributed by atoms with van der Waals surface area (Å²) in [5.41, 5.74) is 2.99. The molecule has 100 valence electrons. The van der Waals surface area contributed by atoms with Gasteiger partial charge in [0.2, 0.25) is 0 Å². The lowest BCUT2D eigenvalue weighted by atomic mass is 10.1. The first-order valence-corrected chi connectivity index (χ1v) is 7.14. The van der Waals surface area contributed by atoms with Gasteiger partial charge in [0.25, 0.3) is 0 Å². The number of nitrogens with one attached hydrogen (secondary N) is 1. The van der Waals surface area contributed by atoms with Crippen molar-refractivity contribution in [2.75, 3.05) is 0 Å². The largest absolute Gasteiger partial charge is 0.310 e. The van der Waals surface area contributed by atoms with Gasteiger partial charge in [0, 0.05) is 37.0 Å². The number of halogens is 2. The first-order chi connectivity index (χ1) is 9.13. The summed E-state index contributed by atoms with van der Waals surface area (Å²) in [5.74, 6) is -0.252. The van der Waals surface area contributed by atoms with Gasteiger partial charge in [-0.25, -0.2) is 4.39 Å². The Morgan fingerprint density at radius 2 is 2.26 bits per heavy atom. The van der Waals surface area contributed by atoms with Gasteiger partial charge in [0.05, 0.1) is 10.2 Å². The number of rotatable bonds is 4. The maximum absolute atomic E-state index is 13.3. The van der Waals surface area contributed by atoms with E-state index in [0.717, 1.165) is 23.4 Å². The van der Waals surface area contributed by atoms with Gasteiger partial charge in [0.1, 0.15) is 5.82 Å². The quantitative estimate of drug-likeness (QED) is 0.936. The molecule has 0 saturated heterocycles. The zero-order valence-corrected chi connectivity index (χ0v) is 12.2. The van der Waals surface area contributed by atoms with Crippen molar-refractivity contribution in [3.63, 3.8) is 0 Å². The second-order valence-corrected chi connectivity index (χ2v) is 5.82. The van der Waals surface area contributed by atoms with E-state index < -0.39 is 0 Å². The molecule has 0 radical (unpaired) electrons. The van der Waals surface area contributed by atoms with Crippen molar-refractivity contribution in [3.8, 4) is 11.3 Å². The molecule has 0 spiro atoms. The highest BCUT2D eigenvalue weighted by atomic mass is 79.9. The van der Waals surface area contributed by atoms with Crippen LogP contribution in [0.5, 0.6) is 0 Å². The summed E-state index contributed by atoms with van der Waals surface area (Å²) in [6.45, 7) is 0.808. The molecule has 2 aromatic rings. The summed E-state index contributed by atoms with van der Waals surface area (Å²) in [6.07, 6.45) is 4.54. The highest BCUT2D eigenvalue weighted by Gasteiger charge is 2.21. The average Bonchev–Trinajstić information content (AvgIpc) is 3.13. The Morgan fingerprint density at radius 1 is 1.47 bits per heavy atom. The van der Waals surface area contributed by atoms with Crippen molar-refractivity contribution in [2.24, 2.45) is 7.05 Å². The minimum Gasteiger partial charge on any atom is -0.310 e. The topological polar surface area (TPSA) is 29.9 Å². The third kappa shape index (κ3) is 2.87. The first-order valence-electron chi connectivity index (χ1n) is 6.35. The SMILES string of the molecule is Cn1cc(CNC2CC2)c(-c2ccc(F)c(Br)c2)n1. The molecule has 19 heavy (non-hydrogen) atoms. The van der Waals surface area contributed by atoms with Crippen molar-refractivity contribution in [1.82, 2.24) is 15.1 Å². The maximum Gasteiger partial charge on any atom is 0.137 e. The molecule has 0 atom stereocenters. The van der Waals surface area contributed by atoms with Gasteiger partial charge in [-0.1, -0.05) is 0 Å². The highest BCUT2D eigenvalue weighted by Crippen LogP contribution is 2.27. The predicted molar refractivity (Wildman–Crippen MR) is 76.2 cm³/mol. The Kier molecular flexibility index (Phi) is 3.41. The van der Waals surface area contributed by atoms with Crippen molar-refractivity contribution in [3.05, 3.63) is 40.2 Å². The summed E-state index contributed by atoms with van der Waals surface area (Å²) < 4.78 is 15.6. The zero-order valence-electron chi connectivity index (χ0n) is 10.7. The molecule has 1 aromatic carbocycles. The van der Waals surface area contributed by atoms with E-state index in [9.17, 15) is 4.39 Å². The Hall–Kier alpha value is -1.20. The van der Waals surface area contributed by atoms with E-state index in [0.29, 0.717) is 10.5 Å². The second-order valence-electron chi connectivity index (χ2n) is 4.96. The van der Waals surface area contributed by atoms with Crippen LogP contribution in [-0.4, -0.2) is 15.8 Å². The van der Waals surface area contributed by atoms with Crippen LogP contribution in [0.15, 0.2) is 28.9 Å². The monoisotopic (exact) mass is 323 g/mol. The fourth-order valence-electron chi connectivity index (χ4n) is 2.10. The first kappa shape index (κ1) is 12.8. The number of hydrogen-bond acceptors (Lipinski definition) is 2. The molecule has 0 bridgehead atoms. The molecule has 1 heterocycles. The van der Waals surface area contributed by atoms with Crippen LogP contribution in [0.2, 0.25) is 0 Å². The molecule has 1 aliphatic rings. The van der Waals surface area contributed by atoms with Crippen LogP contribution < -0.4 is 5.32 Å². The number of hydrogen-bond donors (Lipinski definition) is 1. The second kappa shape index (κ2) is 5.06. The van der Waals surface area contributed by atoms with E-state index >= 15 is 0 Å². The number of aromatic nitrogens is 2. The Labute approximate surface area is 119 Å². The summed E-state index contributed by atoms with van der Waals surface area (Å²) in [4.78, 5) is 0. The van der Waals surface area contributed by atoms with Crippen molar-refractivity contribution in [2.45, 2.75) is 25.4 Å². The van der Waals surface area contributed by atoms with Gasteiger partial charge < -0.3 is 5.32 Å². The Morgan fingerprint density at radius 3 is 2.95 bits per heavy atom. The van der Waals surface area contributed by atoms with Crippen LogP contribution >= 0.6 is 15.9 Å². The van der Waals surface area contributed by atoms with Gasteiger partial charge in [-0.3, -0.25) is 4.68 Å². The van der Waals surface area contributed by atoms with Crippen molar-refractivity contribution < 1.29 is 4.39 Å². The molecule has 0 unspecified atom stereocenters. The molecule has 1 fully saturated rings. The molecule has 1 saturated carbocycles. The summed E-state index contributed by atoms with van der Waals surface area (Å²) in [6, 6.07) is 5.67. The highest BCUT2D eigenvalue weighted by molar-refractivity contribution is 9.10. The molecule has 0 amide bonds. The summed E-state index contributed by atoms with van der Waals surface area (Å²) in [7, 11) is 1.91. The average molecular weight is 324 g/mol. The Balaban J connectivity index is 1.91. The molecule has 1 aliphatic carbocycles. The normalized spacial score (nSPS) is 14.9. The van der Waals surface area contributed by atoms with Gasteiger partial charge in [-0.2, -0.15) is 5.10 Å². The molecular formula is C14H15BrFN3. The molecule has 3 nitrogen and oxygen atoms in total. The van der Waals surface area contributed by atoms with Crippen LogP contribution in [-0.2, 0) is 13.6 Å². The number of nitrogens with zero attached hydrogens (tertiary/aromatic N) is 2. The van der Waals surface area contributed by atoms with E-state index in [4.69, 9.17) is 0 Å². The van der Waals surface area contributed by atoms with E-state index in [1.54, 1.807) is 16.8 Å². The molecular weight excluding hydrogens is 309 g/mol. The third-order valence-electron chi connectivity index (χ3n) is 3.26. The minimum absolute atomic E-state index is 0.252. The summed E-state index contributed by atoms with van der Waals surface area (Å²) in [5, 5.41) is 7.97. The van der Waals surface area contributed by atoms with Gasteiger partial charge in [0.15, 0.2) is 0 Å². The van der Waals surface area contributed by atoms with E-state index in [2.05, 4.69) is 26.3 Å². The third-order valence-corrected chi connectivity index (χ3v) is 3.86. The number of aryl methyl sites for hydroxylation is 1. The maximum atomic E-state index is 13.3. The minimum atomic E-state index is -0.252. The van der Waals surface area contributed by atoms with E-state index in [-0.39, 0.29) is 5.82 Å². The van der Waals surface area contributed by atoms with Crippen LogP contribution in [0, 0.1) is 5.82 Å². The Bertz CT molecular complexity index is 605. The number of benzene rings is 1. The van der Waals surface area contributed by atoms with Crippen molar-refractivity contribution in [1.29, 1.82) is 0 Å². The van der Waals surface area contributed by atoms with Gasteiger partial charge in [-0.15, -0.1) is 0 Å². The van der Waals surface area contributed by atoms with Gasteiger partial charge >= 0.3 is 0 Å². The molecule has 1 N–H and O–H groups in total. The molecule has 0 aliphatic heterocycles. The lowest BCUT2D eigenvalue weighted by molar-refractivity contribution is 0.621. The molecule has 3 rings (SSSR count). The lowest BCUT2D eigenvalue weighted by Crippen LogP contribution is -2.15. The van der Waals surface area contributed by atoms with Crippen LogP contribution in [0.1, 0.15) is 18.4 Å². The fraction of sp³-hybridized carbons (Fsp3) is 0.357. The zero-order chi connectivity index (χ0) is 13.4.